The van der Waals surface area contributed by atoms with E-state index in [-0.39, 0.29) is 5.56 Å². The Morgan fingerprint density at radius 3 is 2.62 bits per heavy atom. The summed E-state index contributed by atoms with van der Waals surface area (Å²) in [6.45, 7) is 3.30. The van der Waals surface area contributed by atoms with E-state index in [1.54, 1.807) is 13.8 Å². The van der Waals surface area contributed by atoms with Crippen LogP contribution >= 0.6 is 11.6 Å². The molecule has 4 heteroatoms. The number of aryl methyl sites for hydroxylation is 1. The van der Waals surface area contributed by atoms with E-state index in [9.17, 15) is 9.50 Å². The molecule has 1 atom stereocenters. The van der Waals surface area contributed by atoms with Gasteiger partial charge in [-0.3, -0.25) is 0 Å². The largest absolute Gasteiger partial charge is 0.505 e. The summed E-state index contributed by atoms with van der Waals surface area (Å²) in [4.78, 5) is 0. The van der Waals surface area contributed by atoms with Crippen LogP contribution in [0.1, 0.15) is 24.1 Å². The molecule has 2 nitrogen and oxygen atoms in total. The molecule has 72 valence electrons. The van der Waals surface area contributed by atoms with Crippen LogP contribution in [-0.2, 0) is 0 Å². The number of aromatic hydroxyl groups is 1. The number of hydrogen-bond donors (Lipinski definition) is 2. The van der Waals surface area contributed by atoms with Crippen LogP contribution in [0.15, 0.2) is 6.07 Å². The molecule has 0 aromatic heterocycles. The number of nitrogens with two attached hydrogens (primary N) is 1. The number of phenolic OH excluding ortho intramolecular Hbond substituents is 1. The van der Waals surface area contributed by atoms with Gasteiger partial charge in [0.25, 0.3) is 0 Å². The first-order valence-corrected chi connectivity index (χ1v) is 4.26. The van der Waals surface area contributed by atoms with Gasteiger partial charge in [-0.1, -0.05) is 11.6 Å². The van der Waals surface area contributed by atoms with Gasteiger partial charge in [0.05, 0.1) is 5.02 Å². The van der Waals surface area contributed by atoms with Crippen molar-refractivity contribution >= 4 is 11.6 Å². The summed E-state index contributed by atoms with van der Waals surface area (Å²) in [5.74, 6) is -1.14. The van der Waals surface area contributed by atoms with Gasteiger partial charge in [-0.05, 0) is 25.5 Å². The summed E-state index contributed by atoms with van der Waals surface area (Å²) in [5.41, 5.74) is 6.38. The summed E-state index contributed by atoms with van der Waals surface area (Å²) < 4.78 is 13.0. The molecule has 0 amide bonds. The standard InChI is InChI=1S/C9H11ClFNO/c1-4-3-6(11)9(13)7(5(2)12)8(4)10/h3,5,13H,12H2,1-2H3. The van der Waals surface area contributed by atoms with E-state index in [1.165, 1.54) is 6.07 Å². The van der Waals surface area contributed by atoms with Gasteiger partial charge in [-0.2, -0.15) is 0 Å². The van der Waals surface area contributed by atoms with Crippen molar-refractivity contribution in [3.05, 3.63) is 28.0 Å². The van der Waals surface area contributed by atoms with Gasteiger partial charge < -0.3 is 10.8 Å². The van der Waals surface area contributed by atoms with Crippen molar-refractivity contribution in [2.24, 2.45) is 5.73 Å². The summed E-state index contributed by atoms with van der Waals surface area (Å²) in [7, 11) is 0. The Hall–Kier alpha value is -0.800. The fourth-order valence-corrected chi connectivity index (χ4v) is 1.50. The fourth-order valence-electron chi connectivity index (χ4n) is 1.18. The predicted molar refractivity (Wildman–Crippen MR) is 50.4 cm³/mol. The first-order valence-electron chi connectivity index (χ1n) is 3.88. The van der Waals surface area contributed by atoms with Crippen molar-refractivity contribution in [1.82, 2.24) is 0 Å². The van der Waals surface area contributed by atoms with E-state index in [0.29, 0.717) is 10.6 Å². The Balaban J connectivity index is 3.46. The van der Waals surface area contributed by atoms with Crippen molar-refractivity contribution in [1.29, 1.82) is 0 Å². The zero-order valence-corrected chi connectivity index (χ0v) is 8.19. The molecule has 0 fully saturated rings. The van der Waals surface area contributed by atoms with Crippen LogP contribution in [0, 0.1) is 12.7 Å². The molecule has 0 saturated carbocycles. The van der Waals surface area contributed by atoms with E-state index < -0.39 is 17.6 Å². The number of phenols is 1. The average molecular weight is 204 g/mol. The molecule has 1 unspecified atom stereocenters. The normalized spacial score (nSPS) is 13.0. The minimum Gasteiger partial charge on any atom is -0.505 e. The van der Waals surface area contributed by atoms with Gasteiger partial charge in [0, 0.05) is 11.6 Å². The van der Waals surface area contributed by atoms with Crippen molar-refractivity contribution in [2.75, 3.05) is 0 Å². The fraction of sp³-hybridized carbons (Fsp3) is 0.333. The summed E-state index contributed by atoms with van der Waals surface area (Å²) in [6, 6.07) is 0.700. The van der Waals surface area contributed by atoms with E-state index in [4.69, 9.17) is 17.3 Å². The lowest BCUT2D eigenvalue weighted by molar-refractivity contribution is 0.422. The molecule has 1 aromatic carbocycles. The molecular weight excluding hydrogens is 193 g/mol. The van der Waals surface area contributed by atoms with E-state index in [1.807, 2.05) is 0 Å². The second-order valence-electron chi connectivity index (χ2n) is 3.04. The van der Waals surface area contributed by atoms with Crippen LogP contribution in [0.2, 0.25) is 5.02 Å². The molecule has 1 rings (SSSR count). The first kappa shape index (κ1) is 10.3. The average Bonchev–Trinajstić information content (AvgIpc) is 2.01. The van der Waals surface area contributed by atoms with Crippen LogP contribution in [0.25, 0.3) is 0 Å². The molecule has 1 aromatic rings. The predicted octanol–water partition coefficient (Wildman–Crippen LogP) is 2.51. The maximum absolute atomic E-state index is 13.0. The van der Waals surface area contributed by atoms with Crippen molar-refractivity contribution in [2.45, 2.75) is 19.9 Å². The van der Waals surface area contributed by atoms with Gasteiger partial charge in [0.15, 0.2) is 11.6 Å². The van der Waals surface area contributed by atoms with Crippen molar-refractivity contribution < 1.29 is 9.50 Å². The van der Waals surface area contributed by atoms with Crippen molar-refractivity contribution in [3.63, 3.8) is 0 Å². The zero-order chi connectivity index (χ0) is 10.2. The Morgan fingerprint density at radius 2 is 2.15 bits per heavy atom. The molecule has 0 spiro atoms. The second kappa shape index (κ2) is 3.52. The second-order valence-corrected chi connectivity index (χ2v) is 3.42. The van der Waals surface area contributed by atoms with Crippen LogP contribution in [0.5, 0.6) is 5.75 Å². The molecule has 0 aliphatic heterocycles. The Kier molecular flexibility index (Phi) is 2.78. The lowest BCUT2D eigenvalue weighted by atomic mass is 10.0. The molecule has 3 N–H and O–H groups in total. The van der Waals surface area contributed by atoms with Gasteiger partial charge >= 0.3 is 0 Å². The smallest absolute Gasteiger partial charge is 0.165 e. The van der Waals surface area contributed by atoms with Gasteiger partial charge in [0.2, 0.25) is 0 Å². The third kappa shape index (κ3) is 1.76. The molecule has 0 radical (unpaired) electrons. The Bertz CT molecular complexity index is 313. The van der Waals surface area contributed by atoms with Gasteiger partial charge in [-0.25, -0.2) is 4.39 Å². The molecule has 0 bridgehead atoms. The molecule has 0 saturated heterocycles. The third-order valence-corrected chi connectivity index (χ3v) is 2.36. The maximum atomic E-state index is 13.0. The lowest BCUT2D eigenvalue weighted by Gasteiger charge is -2.13. The molecule has 0 aliphatic rings. The number of hydrogen-bond acceptors (Lipinski definition) is 2. The van der Waals surface area contributed by atoms with Gasteiger partial charge in [0.1, 0.15) is 0 Å². The topological polar surface area (TPSA) is 46.2 Å². The lowest BCUT2D eigenvalue weighted by Crippen LogP contribution is -2.07. The maximum Gasteiger partial charge on any atom is 0.165 e. The Labute approximate surface area is 81.1 Å². The summed E-state index contributed by atoms with van der Waals surface area (Å²) in [6.07, 6.45) is 0. The number of benzene rings is 1. The SMILES string of the molecule is Cc1cc(F)c(O)c(C(C)N)c1Cl. The van der Waals surface area contributed by atoms with Crippen LogP contribution in [0.4, 0.5) is 4.39 Å². The van der Waals surface area contributed by atoms with E-state index >= 15 is 0 Å². The number of rotatable bonds is 1. The number of halogens is 2. The van der Waals surface area contributed by atoms with E-state index in [0.717, 1.165) is 0 Å². The van der Waals surface area contributed by atoms with Crippen molar-refractivity contribution in [3.8, 4) is 5.75 Å². The first-order chi connectivity index (χ1) is 5.95. The minimum absolute atomic E-state index is 0.263. The molecular formula is C9H11ClFNO. The minimum atomic E-state index is -0.686. The van der Waals surface area contributed by atoms with Crippen LogP contribution in [-0.4, -0.2) is 5.11 Å². The highest BCUT2D eigenvalue weighted by molar-refractivity contribution is 6.32. The quantitative estimate of drug-likeness (QED) is 0.737. The highest BCUT2D eigenvalue weighted by Gasteiger charge is 2.17. The highest BCUT2D eigenvalue weighted by Crippen LogP contribution is 2.34. The zero-order valence-electron chi connectivity index (χ0n) is 7.44. The third-order valence-electron chi connectivity index (χ3n) is 1.86. The molecule has 0 aliphatic carbocycles. The Morgan fingerprint density at radius 1 is 1.62 bits per heavy atom. The summed E-state index contributed by atoms with van der Waals surface area (Å²) >= 11 is 5.86. The molecule has 0 heterocycles. The van der Waals surface area contributed by atoms with Crippen LogP contribution < -0.4 is 5.73 Å². The van der Waals surface area contributed by atoms with Crippen LogP contribution in [0.3, 0.4) is 0 Å². The van der Waals surface area contributed by atoms with Gasteiger partial charge in [-0.15, -0.1) is 0 Å². The molecule has 13 heavy (non-hydrogen) atoms. The highest BCUT2D eigenvalue weighted by atomic mass is 35.5. The summed E-state index contributed by atoms with van der Waals surface area (Å²) in [5, 5.41) is 9.66. The van der Waals surface area contributed by atoms with E-state index in [2.05, 4.69) is 0 Å². The monoisotopic (exact) mass is 203 g/mol.